The number of hydrogen-bond acceptors (Lipinski definition) is 6. The second kappa shape index (κ2) is 7.76. The van der Waals surface area contributed by atoms with Crippen LogP contribution in [-0.4, -0.2) is 60.0 Å². The highest BCUT2D eigenvalue weighted by atomic mass is 16.5. The maximum atomic E-state index is 13.0. The second-order valence-corrected chi connectivity index (χ2v) is 8.46. The van der Waals surface area contributed by atoms with E-state index in [0.717, 1.165) is 11.3 Å². The van der Waals surface area contributed by atoms with Crippen molar-refractivity contribution in [1.29, 1.82) is 0 Å². The fourth-order valence-corrected chi connectivity index (χ4v) is 4.34. The fraction of sp³-hybridized carbons (Fsp3) is 0.722. The Bertz CT molecular complexity index is 706. The molecule has 1 spiro atoms. The number of urea groups is 2. The molecule has 0 unspecified atom stereocenters. The number of carbonyl (C=O) groups is 5. The van der Waals surface area contributed by atoms with Crippen LogP contribution in [0.25, 0.3) is 0 Å². The molecular weight excluding hydrogens is 368 g/mol. The Kier molecular flexibility index (Phi) is 6.00. The lowest BCUT2D eigenvalue weighted by atomic mass is 9.64. The monoisotopic (exact) mass is 396 g/mol. The van der Waals surface area contributed by atoms with Gasteiger partial charge in [0, 0.05) is 7.05 Å². The predicted octanol–water partition coefficient (Wildman–Crippen LogP) is 0.510. The Morgan fingerprint density at radius 2 is 1.93 bits per heavy atom. The van der Waals surface area contributed by atoms with E-state index >= 15 is 0 Å². The normalized spacial score (nSPS) is 27.2. The molecule has 0 bridgehead atoms. The Balaban J connectivity index is 2.01. The zero-order valence-corrected chi connectivity index (χ0v) is 16.9. The minimum Gasteiger partial charge on any atom is -0.451 e. The minimum absolute atomic E-state index is 0.121. The van der Waals surface area contributed by atoms with E-state index in [9.17, 15) is 24.0 Å². The van der Waals surface area contributed by atoms with Crippen LogP contribution in [0.5, 0.6) is 0 Å². The highest BCUT2D eigenvalue weighted by molar-refractivity contribution is 6.09. The molecule has 156 valence electrons. The smallest absolute Gasteiger partial charge is 0.327 e. The Hall–Kier alpha value is -2.65. The Morgan fingerprint density at radius 1 is 1.29 bits per heavy atom. The Labute approximate surface area is 163 Å². The van der Waals surface area contributed by atoms with Gasteiger partial charge in [0.25, 0.3) is 11.8 Å². The van der Waals surface area contributed by atoms with E-state index < -0.39 is 48.0 Å². The number of ether oxygens (including phenoxy) is 1. The molecule has 10 heteroatoms. The van der Waals surface area contributed by atoms with Gasteiger partial charge in [0.1, 0.15) is 12.1 Å². The van der Waals surface area contributed by atoms with Crippen molar-refractivity contribution in [2.45, 2.75) is 58.6 Å². The van der Waals surface area contributed by atoms with E-state index in [1.165, 1.54) is 14.0 Å². The Morgan fingerprint density at radius 3 is 2.50 bits per heavy atom. The van der Waals surface area contributed by atoms with Crippen molar-refractivity contribution < 1.29 is 28.7 Å². The maximum absolute atomic E-state index is 13.0. The van der Waals surface area contributed by atoms with Crippen LogP contribution in [0.2, 0.25) is 0 Å². The van der Waals surface area contributed by atoms with Gasteiger partial charge in [-0.05, 0) is 37.5 Å². The third kappa shape index (κ3) is 4.60. The standard InChI is InChI=1S/C18H28N4O6/c1-10-6-17(3,4)9-18(7-10)14(25)22(16(27)21-18)8-12(23)28-11(2)13(24)20-15(26)19-5/h10-11H,6-9H2,1-5H3,(H,21,27)(H2,19,20,24,26)/t10-,11+,18+/m1/s1. The molecule has 0 aromatic carbocycles. The van der Waals surface area contributed by atoms with Crippen molar-refractivity contribution in [3.8, 4) is 0 Å². The van der Waals surface area contributed by atoms with Crippen molar-refractivity contribution >= 4 is 29.8 Å². The van der Waals surface area contributed by atoms with Crippen LogP contribution in [-0.2, 0) is 19.1 Å². The molecule has 3 N–H and O–H groups in total. The van der Waals surface area contributed by atoms with Gasteiger partial charge >= 0.3 is 18.0 Å². The third-order valence-electron chi connectivity index (χ3n) is 5.05. The van der Waals surface area contributed by atoms with Gasteiger partial charge < -0.3 is 15.4 Å². The van der Waals surface area contributed by atoms with Crippen molar-refractivity contribution in [3.63, 3.8) is 0 Å². The summed E-state index contributed by atoms with van der Waals surface area (Å²) in [6, 6.07) is -1.38. The number of esters is 1. The van der Waals surface area contributed by atoms with Crippen LogP contribution >= 0.6 is 0 Å². The van der Waals surface area contributed by atoms with Crippen LogP contribution in [0.4, 0.5) is 9.59 Å². The summed E-state index contributed by atoms with van der Waals surface area (Å²) in [7, 11) is 1.33. The van der Waals surface area contributed by atoms with Crippen molar-refractivity contribution in [1.82, 2.24) is 20.9 Å². The molecule has 0 aromatic rings. The van der Waals surface area contributed by atoms with Crippen molar-refractivity contribution in [2.75, 3.05) is 13.6 Å². The van der Waals surface area contributed by atoms with E-state index in [-0.39, 0.29) is 11.3 Å². The van der Waals surface area contributed by atoms with Crippen LogP contribution in [0.1, 0.15) is 47.0 Å². The van der Waals surface area contributed by atoms with Gasteiger partial charge in [-0.2, -0.15) is 0 Å². The summed E-state index contributed by atoms with van der Waals surface area (Å²) >= 11 is 0. The van der Waals surface area contributed by atoms with Gasteiger partial charge in [0.05, 0.1) is 0 Å². The highest BCUT2D eigenvalue weighted by Gasteiger charge is 2.56. The fourth-order valence-electron chi connectivity index (χ4n) is 4.34. The van der Waals surface area contributed by atoms with Crippen LogP contribution < -0.4 is 16.0 Å². The molecule has 1 saturated heterocycles. The van der Waals surface area contributed by atoms with E-state index in [4.69, 9.17) is 4.74 Å². The number of amides is 6. The quantitative estimate of drug-likeness (QED) is 0.468. The topological polar surface area (TPSA) is 134 Å². The summed E-state index contributed by atoms with van der Waals surface area (Å²) in [5.74, 6) is -1.93. The molecule has 28 heavy (non-hydrogen) atoms. The van der Waals surface area contributed by atoms with E-state index in [1.54, 1.807) is 0 Å². The number of hydrogen-bond donors (Lipinski definition) is 3. The van der Waals surface area contributed by atoms with E-state index in [1.807, 2.05) is 26.1 Å². The molecule has 2 fully saturated rings. The van der Waals surface area contributed by atoms with Gasteiger partial charge in [-0.15, -0.1) is 0 Å². The molecular formula is C18H28N4O6. The lowest BCUT2D eigenvalue weighted by molar-refractivity contribution is -0.156. The SMILES string of the molecule is CNC(=O)NC(=O)[C@H](C)OC(=O)CN1C(=O)N[C@]2(C[C@H](C)CC(C)(C)C2)C1=O. The molecule has 6 amide bonds. The summed E-state index contributed by atoms with van der Waals surface area (Å²) in [6.45, 7) is 6.82. The molecule has 2 rings (SSSR count). The number of rotatable bonds is 4. The summed E-state index contributed by atoms with van der Waals surface area (Å²) < 4.78 is 4.95. The van der Waals surface area contributed by atoms with E-state index in [2.05, 4.69) is 10.6 Å². The first-order valence-electron chi connectivity index (χ1n) is 9.25. The maximum Gasteiger partial charge on any atom is 0.327 e. The zero-order chi connectivity index (χ0) is 21.3. The lowest BCUT2D eigenvalue weighted by Gasteiger charge is -2.43. The molecule has 10 nitrogen and oxygen atoms in total. The third-order valence-corrected chi connectivity index (χ3v) is 5.05. The van der Waals surface area contributed by atoms with Crippen LogP contribution in [0.15, 0.2) is 0 Å². The predicted molar refractivity (Wildman–Crippen MR) is 97.9 cm³/mol. The van der Waals surface area contributed by atoms with Crippen LogP contribution in [0, 0.1) is 11.3 Å². The summed E-state index contributed by atoms with van der Waals surface area (Å²) in [5, 5.41) is 6.95. The first-order chi connectivity index (χ1) is 12.9. The summed E-state index contributed by atoms with van der Waals surface area (Å²) in [4.78, 5) is 61.2. The van der Waals surface area contributed by atoms with Gasteiger partial charge in [0.15, 0.2) is 6.10 Å². The molecule has 3 atom stereocenters. The number of nitrogens with zero attached hydrogens (tertiary/aromatic N) is 1. The average molecular weight is 396 g/mol. The molecule has 2 aliphatic rings. The molecule has 1 aliphatic heterocycles. The van der Waals surface area contributed by atoms with E-state index in [0.29, 0.717) is 12.8 Å². The zero-order valence-electron chi connectivity index (χ0n) is 16.9. The molecule has 0 radical (unpaired) electrons. The average Bonchev–Trinajstić information content (AvgIpc) is 2.76. The van der Waals surface area contributed by atoms with Crippen LogP contribution in [0.3, 0.4) is 0 Å². The summed E-state index contributed by atoms with van der Waals surface area (Å²) in [6.07, 6.45) is 0.689. The molecule has 1 saturated carbocycles. The van der Waals surface area contributed by atoms with Gasteiger partial charge in [-0.25, -0.2) is 9.59 Å². The molecule has 1 aliphatic carbocycles. The minimum atomic E-state index is -1.26. The number of nitrogens with one attached hydrogen (secondary N) is 3. The van der Waals surface area contributed by atoms with Crippen molar-refractivity contribution in [3.05, 3.63) is 0 Å². The first kappa shape index (κ1) is 21.6. The molecule has 1 heterocycles. The molecule has 0 aromatic heterocycles. The van der Waals surface area contributed by atoms with Gasteiger partial charge in [-0.1, -0.05) is 20.8 Å². The van der Waals surface area contributed by atoms with Gasteiger partial charge in [-0.3, -0.25) is 24.6 Å². The van der Waals surface area contributed by atoms with Gasteiger partial charge in [0.2, 0.25) is 0 Å². The van der Waals surface area contributed by atoms with Crippen molar-refractivity contribution in [2.24, 2.45) is 11.3 Å². The highest BCUT2D eigenvalue weighted by Crippen LogP contribution is 2.46. The lowest BCUT2D eigenvalue weighted by Crippen LogP contribution is -2.54. The second-order valence-electron chi connectivity index (χ2n) is 8.46. The number of carbonyl (C=O) groups excluding carboxylic acids is 5. The first-order valence-corrected chi connectivity index (χ1v) is 9.25. The largest absolute Gasteiger partial charge is 0.451 e. The summed E-state index contributed by atoms with van der Waals surface area (Å²) in [5.41, 5.74) is -1.13. The number of imide groups is 2.